The molecular formula is C19H16ClNO7S. The molecule has 0 heterocycles. The number of nitriles is 1. The van der Waals surface area contributed by atoms with Crippen LogP contribution in [0.3, 0.4) is 0 Å². The Bertz CT molecular complexity index is 1100. The maximum absolute atomic E-state index is 12.9. The molecule has 0 unspecified atom stereocenters. The van der Waals surface area contributed by atoms with E-state index in [1.807, 2.05) is 6.07 Å². The number of carbonyl (C=O) groups excluding carboxylic acids is 1. The predicted molar refractivity (Wildman–Crippen MR) is 105 cm³/mol. The number of rotatable bonds is 7. The molecule has 0 aliphatic carbocycles. The van der Waals surface area contributed by atoms with Crippen LogP contribution in [0, 0.1) is 11.3 Å². The molecular weight excluding hydrogens is 422 g/mol. The van der Waals surface area contributed by atoms with Crippen molar-refractivity contribution >= 4 is 33.8 Å². The van der Waals surface area contributed by atoms with Crippen LogP contribution in [0.1, 0.15) is 11.1 Å². The van der Waals surface area contributed by atoms with Crippen molar-refractivity contribution in [3.63, 3.8) is 0 Å². The number of benzene rings is 2. The smallest absolute Gasteiger partial charge is 0.343 e. The molecule has 0 aliphatic heterocycles. The molecule has 0 radical (unpaired) electrons. The highest BCUT2D eigenvalue weighted by Gasteiger charge is 2.26. The van der Waals surface area contributed by atoms with E-state index in [1.54, 1.807) is 0 Å². The lowest BCUT2D eigenvalue weighted by Gasteiger charge is -2.15. The van der Waals surface area contributed by atoms with Gasteiger partial charge < -0.3 is 18.4 Å². The normalized spacial score (nSPS) is 11.0. The summed E-state index contributed by atoms with van der Waals surface area (Å²) in [6.45, 7) is 0. The van der Waals surface area contributed by atoms with E-state index in [-0.39, 0.29) is 32.7 Å². The average molecular weight is 438 g/mol. The first kappa shape index (κ1) is 22.1. The van der Waals surface area contributed by atoms with E-state index in [4.69, 9.17) is 30.5 Å². The van der Waals surface area contributed by atoms with Gasteiger partial charge in [0.2, 0.25) is 0 Å². The van der Waals surface area contributed by atoms with E-state index in [2.05, 4.69) is 4.74 Å². The van der Waals surface area contributed by atoms with Gasteiger partial charge >= 0.3 is 16.1 Å². The third kappa shape index (κ3) is 5.19. The van der Waals surface area contributed by atoms with Crippen molar-refractivity contribution < 1.29 is 31.6 Å². The first-order chi connectivity index (χ1) is 13.7. The zero-order valence-electron chi connectivity index (χ0n) is 15.6. The maximum Gasteiger partial charge on any atom is 0.343 e. The minimum absolute atomic E-state index is 0.0553. The first-order valence-corrected chi connectivity index (χ1v) is 9.70. The average Bonchev–Trinajstić information content (AvgIpc) is 2.72. The van der Waals surface area contributed by atoms with Crippen molar-refractivity contribution in [3.05, 3.63) is 52.6 Å². The standard InChI is InChI=1S/C19H16ClNO7S/c1-25-16-9-12(5-7-18(22)26-2)10-17(19(16)27-3)29(23,24)28-15-6-4-13(11-21)8-14(15)20/h4-10H,1-3H3/b7-5+. The summed E-state index contributed by atoms with van der Waals surface area (Å²) in [6.07, 6.45) is 2.47. The molecule has 2 aromatic carbocycles. The monoisotopic (exact) mass is 437 g/mol. The summed E-state index contributed by atoms with van der Waals surface area (Å²) < 4.78 is 45.8. The molecule has 0 aromatic heterocycles. The van der Waals surface area contributed by atoms with E-state index >= 15 is 0 Å². The quantitative estimate of drug-likeness (QED) is 0.369. The lowest BCUT2D eigenvalue weighted by molar-refractivity contribution is -0.134. The van der Waals surface area contributed by atoms with Gasteiger partial charge in [-0.1, -0.05) is 11.6 Å². The Morgan fingerprint density at radius 1 is 1.10 bits per heavy atom. The fraction of sp³-hybridized carbons (Fsp3) is 0.158. The lowest BCUT2D eigenvalue weighted by Crippen LogP contribution is -2.12. The Hall–Kier alpha value is -3.22. The summed E-state index contributed by atoms with van der Waals surface area (Å²) in [6, 6.07) is 8.52. The maximum atomic E-state index is 12.9. The Labute approximate surface area is 172 Å². The highest BCUT2D eigenvalue weighted by Crippen LogP contribution is 2.38. The second-order valence-electron chi connectivity index (χ2n) is 5.41. The number of nitrogens with zero attached hydrogens (tertiary/aromatic N) is 1. The number of hydrogen-bond donors (Lipinski definition) is 0. The largest absolute Gasteiger partial charge is 0.493 e. The van der Waals surface area contributed by atoms with E-state index in [0.717, 1.165) is 6.08 Å². The van der Waals surface area contributed by atoms with Gasteiger partial charge in [-0.15, -0.1) is 0 Å². The molecule has 0 fully saturated rings. The topological polar surface area (TPSA) is 112 Å². The van der Waals surface area contributed by atoms with E-state index in [1.165, 1.54) is 57.7 Å². The second kappa shape index (κ2) is 9.32. The van der Waals surface area contributed by atoms with Gasteiger partial charge in [-0.3, -0.25) is 0 Å². The zero-order valence-corrected chi connectivity index (χ0v) is 17.2. The third-order valence-corrected chi connectivity index (χ3v) is 5.15. The number of methoxy groups -OCH3 is 3. The highest BCUT2D eigenvalue weighted by molar-refractivity contribution is 7.87. The van der Waals surface area contributed by atoms with Gasteiger partial charge in [-0.2, -0.15) is 13.7 Å². The molecule has 8 nitrogen and oxygen atoms in total. The molecule has 2 rings (SSSR count). The summed E-state index contributed by atoms with van der Waals surface area (Å²) in [5.41, 5.74) is 0.565. The van der Waals surface area contributed by atoms with Crippen LogP contribution in [-0.2, 0) is 19.6 Å². The summed E-state index contributed by atoms with van der Waals surface area (Å²) in [7, 11) is -0.598. The van der Waals surface area contributed by atoms with Crippen molar-refractivity contribution in [3.8, 4) is 23.3 Å². The molecule has 0 bridgehead atoms. The molecule has 0 saturated heterocycles. The van der Waals surface area contributed by atoms with Gasteiger partial charge in [-0.05, 0) is 42.0 Å². The van der Waals surface area contributed by atoms with Crippen LogP contribution in [0.15, 0.2) is 41.3 Å². The molecule has 29 heavy (non-hydrogen) atoms. The number of halogens is 1. The van der Waals surface area contributed by atoms with E-state index < -0.39 is 16.1 Å². The second-order valence-corrected chi connectivity index (χ2v) is 7.33. The Balaban J connectivity index is 2.56. The van der Waals surface area contributed by atoms with Crippen molar-refractivity contribution in [1.29, 1.82) is 5.26 Å². The number of carbonyl (C=O) groups is 1. The highest BCUT2D eigenvalue weighted by atomic mass is 35.5. The van der Waals surface area contributed by atoms with Crippen LogP contribution in [-0.4, -0.2) is 35.7 Å². The van der Waals surface area contributed by atoms with Crippen molar-refractivity contribution in [2.45, 2.75) is 4.90 Å². The van der Waals surface area contributed by atoms with Gasteiger partial charge in [0, 0.05) is 6.08 Å². The van der Waals surface area contributed by atoms with E-state index in [9.17, 15) is 13.2 Å². The van der Waals surface area contributed by atoms with Crippen LogP contribution in [0.4, 0.5) is 0 Å². The van der Waals surface area contributed by atoms with Crippen LogP contribution in [0.25, 0.3) is 6.08 Å². The van der Waals surface area contributed by atoms with Crippen LogP contribution >= 0.6 is 11.6 Å². The first-order valence-electron chi connectivity index (χ1n) is 7.92. The Morgan fingerprint density at radius 3 is 2.38 bits per heavy atom. The Kier molecular flexibility index (Phi) is 7.09. The molecule has 0 N–H and O–H groups in total. The zero-order chi connectivity index (χ0) is 21.6. The van der Waals surface area contributed by atoms with Crippen LogP contribution in [0.5, 0.6) is 17.2 Å². The van der Waals surface area contributed by atoms with Gasteiger partial charge in [0.25, 0.3) is 0 Å². The van der Waals surface area contributed by atoms with Gasteiger partial charge in [0.05, 0.1) is 38.0 Å². The number of hydrogen-bond acceptors (Lipinski definition) is 8. The van der Waals surface area contributed by atoms with Gasteiger partial charge in [0.1, 0.15) is 0 Å². The summed E-state index contributed by atoms with van der Waals surface area (Å²) in [5, 5.41) is 8.83. The molecule has 0 atom stereocenters. The molecule has 0 amide bonds. The molecule has 2 aromatic rings. The van der Waals surface area contributed by atoms with Crippen molar-refractivity contribution in [1.82, 2.24) is 0 Å². The van der Waals surface area contributed by atoms with Crippen molar-refractivity contribution in [2.75, 3.05) is 21.3 Å². The fourth-order valence-corrected chi connectivity index (χ4v) is 3.69. The Morgan fingerprint density at radius 2 is 1.83 bits per heavy atom. The molecule has 0 aliphatic rings. The predicted octanol–water partition coefficient (Wildman–Crippen LogP) is 3.18. The fourth-order valence-electron chi connectivity index (χ4n) is 2.27. The summed E-state index contributed by atoms with van der Waals surface area (Å²) >= 11 is 6.01. The summed E-state index contributed by atoms with van der Waals surface area (Å²) in [4.78, 5) is 11.0. The number of ether oxygens (including phenoxy) is 3. The SMILES string of the molecule is COC(=O)/C=C/c1cc(OC)c(OC)c(S(=O)(=O)Oc2ccc(C#N)cc2Cl)c1. The van der Waals surface area contributed by atoms with Gasteiger partial charge in [0.15, 0.2) is 22.1 Å². The van der Waals surface area contributed by atoms with Crippen molar-refractivity contribution in [2.24, 2.45) is 0 Å². The lowest BCUT2D eigenvalue weighted by atomic mass is 10.2. The van der Waals surface area contributed by atoms with E-state index in [0.29, 0.717) is 5.56 Å². The van der Waals surface area contributed by atoms with Crippen LogP contribution in [0.2, 0.25) is 5.02 Å². The molecule has 152 valence electrons. The minimum Gasteiger partial charge on any atom is -0.493 e. The molecule has 0 saturated carbocycles. The summed E-state index contributed by atoms with van der Waals surface area (Å²) in [5.74, 6) is -0.771. The molecule has 0 spiro atoms. The minimum atomic E-state index is -4.42. The molecule has 10 heteroatoms. The van der Waals surface area contributed by atoms with Gasteiger partial charge in [-0.25, -0.2) is 4.79 Å². The van der Waals surface area contributed by atoms with Crippen LogP contribution < -0.4 is 13.7 Å². The number of esters is 1. The third-order valence-electron chi connectivity index (χ3n) is 3.61.